The van der Waals surface area contributed by atoms with E-state index in [1.165, 1.54) is 11.1 Å². The van der Waals surface area contributed by atoms with E-state index >= 15 is 0 Å². The highest BCUT2D eigenvalue weighted by atomic mass is 16.5. The number of aliphatic imine (C=N–C) groups is 1. The Balaban J connectivity index is 1.50. The van der Waals surface area contributed by atoms with Crippen molar-refractivity contribution in [1.29, 1.82) is 0 Å². The molecule has 0 saturated carbocycles. The number of amides is 1. The third kappa shape index (κ3) is 6.44. The molecular weight excluding hydrogens is 378 g/mol. The van der Waals surface area contributed by atoms with Crippen LogP contribution in [0.1, 0.15) is 37.8 Å². The minimum Gasteiger partial charge on any atom is -0.379 e. The molecule has 2 aliphatic rings. The Morgan fingerprint density at radius 3 is 2.60 bits per heavy atom. The SMILES string of the molecule is CN=C(NCc1cccc(CN2CCCC2=O)c1)NCC(C(C)C)N1CCOCC1. The number of hydrogen-bond donors (Lipinski definition) is 2. The molecule has 0 aromatic heterocycles. The summed E-state index contributed by atoms with van der Waals surface area (Å²) in [7, 11) is 1.81. The van der Waals surface area contributed by atoms with Crippen LogP contribution in [0.5, 0.6) is 0 Å². The molecule has 3 rings (SSSR count). The molecule has 7 nitrogen and oxygen atoms in total. The van der Waals surface area contributed by atoms with E-state index in [1.54, 1.807) is 0 Å². The molecule has 1 unspecified atom stereocenters. The number of nitrogens with one attached hydrogen (secondary N) is 2. The standard InChI is InChI=1S/C23H37N5O2/c1-18(2)21(27-10-12-30-13-11-27)16-26-23(24-3)25-15-19-6-4-7-20(14-19)17-28-9-5-8-22(28)29/h4,6-7,14,18,21H,5,8-13,15-17H2,1-3H3,(H2,24,25,26). The quantitative estimate of drug-likeness (QED) is 0.501. The third-order valence-electron chi connectivity index (χ3n) is 5.98. The average Bonchev–Trinajstić information content (AvgIpc) is 3.15. The lowest BCUT2D eigenvalue weighted by Crippen LogP contribution is -2.52. The molecule has 0 spiro atoms. The zero-order valence-corrected chi connectivity index (χ0v) is 18.7. The van der Waals surface area contributed by atoms with Gasteiger partial charge in [-0.25, -0.2) is 0 Å². The van der Waals surface area contributed by atoms with Crippen molar-refractivity contribution in [3.63, 3.8) is 0 Å². The average molecular weight is 416 g/mol. The summed E-state index contributed by atoms with van der Waals surface area (Å²) in [4.78, 5) is 20.7. The van der Waals surface area contributed by atoms with Gasteiger partial charge in [-0.15, -0.1) is 0 Å². The van der Waals surface area contributed by atoms with E-state index in [0.29, 0.717) is 31.5 Å². The molecule has 2 heterocycles. The Morgan fingerprint density at radius 1 is 1.17 bits per heavy atom. The molecular formula is C23H37N5O2. The molecule has 1 atom stereocenters. The molecule has 1 aromatic rings. The lowest BCUT2D eigenvalue weighted by atomic mass is 10.0. The molecule has 2 aliphatic heterocycles. The monoisotopic (exact) mass is 415 g/mol. The summed E-state index contributed by atoms with van der Waals surface area (Å²) < 4.78 is 5.50. The van der Waals surface area contributed by atoms with Gasteiger partial charge in [0.2, 0.25) is 5.91 Å². The van der Waals surface area contributed by atoms with Gasteiger partial charge >= 0.3 is 0 Å². The maximum absolute atomic E-state index is 11.9. The fourth-order valence-corrected chi connectivity index (χ4v) is 4.23. The van der Waals surface area contributed by atoms with Crippen molar-refractivity contribution in [2.75, 3.05) is 46.4 Å². The molecule has 2 fully saturated rings. The van der Waals surface area contributed by atoms with Crippen LogP contribution in [-0.2, 0) is 22.6 Å². The first-order chi connectivity index (χ1) is 14.6. The van der Waals surface area contributed by atoms with Gasteiger partial charge in [0.15, 0.2) is 5.96 Å². The largest absolute Gasteiger partial charge is 0.379 e. The fraction of sp³-hybridized carbons (Fsp3) is 0.652. The number of morpholine rings is 1. The number of ether oxygens (including phenoxy) is 1. The van der Waals surface area contributed by atoms with Crippen LogP contribution in [-0.4, -0.2) is 74.1 Å². The van der Waals surface area contributed by atoms with Gasteiger partial charge in [0.25, 0.3) is 0 Å². The Bertz CT molecular complexity index is 715. The molecule has 2 N–H and O–H groups in total. The van der Waals surface area contributed by atoms with Crippen molar-refractivity contribution >= 4 is 11.9 Å². The van der Waals surface area contributed by atoms with Crippen LogP contribution in [0.25, 0.3) is 0 Å². The van der Waals surface area contributed by atoms with E-state index < -0.39 is 0 Å². The maximum atomic E-state index is 11.9. The number of guanidine groups is 1. The minimum atomic E-state index is 0.267. The number of carbonyl (C=O) groups excluding carboxylic acids is 1. The van der Waals surface area contributed by atoms with Crippen LogP contribution in [0, 0.1) is 5.92 Å². The van der Waals surface area contributed by atoms with E-state index in [9.17, 15) is 4.79 Å². The number of likely N-dealkylation sites (tertiary alicyclic amines) is 1. The van der Waals surface area contributed by atoms with Crippen LogP contribution in [0.15, 0.2) is 29.3 Å². The van der Waals surface area contributed by atoms with E-state index in [4.69, 9.17) is 4.74 Å². The van der Waals surface area contributed by atoms with Crippen LogP contribution < -0.4 is 10.6 Å². The van der Waals surface area contributed by atoms with Crippen molar-refractivity contribution in [2.45, 2.75) is 45.8 Å². The van der Waals surface area contributed by atoms with Crippen LogP contribution in [0.3, 0.4) is 0 Å². The number of carbonyl (C=O) groups is 1. The van der Waals surface area contributed by atoms with E-state index in [1.807, 2.05) is 11.9 Å². The molecule has 0 radical (unpaired) electrons. The number of nitrogens with zero attached hydrogens (tertiary/aromatic N) is 3. The molecule has 0 aliphatic carbocycles. The summed E-state index contributed by atoms with van der Waals surface area (Å²) >= 11 is 0. The number of benzene rings is 1. The van der Waals surface area contributed by atoms with Crippen molar-refractivity contribution in [3.8, 4) is 0 Å². The molecule has 2 saturated heterocycles. The van der Waals surface area contributed by atoms with Crippen molar-refractivity contribution in [1.82, 2.24) is 20.4 Å². The van der Waals surface area contributed by atoms with Crippen molar-refractivity contribution in [2.24, 2.45) is 10.9 Å². The highest BCUT2D eigenvalue weighted by Crippen LogP contribution is 2.15. The predicted octanol–water partition coefficient (Wildman–Crippen LogP) is 1.83. The molecule has 7 heteroatoms. The maximum Gasteiger partial charge on any atom is 0.222 e. The van der Waals surface area contributed by atoms with Gasteiger partial charge in [-0.2, -0.15) is 0 Å². The molecule has 0 bridgehead atoms. The van der Waals surface area contributed by atoms with Crippen molar-refractivity contribution < 1.29 is 9.53 Å². The van der Waals surface area contributed by atoms with Crippen molar-refractivity contribution in [3.05, 3.63) is 35.4 Å². The lowest BCUT2D eigenvalue weighted by Gasteiger charge is -2.37. The van der Waals surface area contributed by atoms with Gasteiger partial charge in [0.05, 0.1) is 13.2 Å². The summed E-state index contributed by atoms with van der Waals surface area (Å²) in [6.07, 6.45) is 1.66. The van der Waals surface area contributed by atoms with E-state index in [-0.39, 0.29) is 5.91 Å². The highest BCUT2D eigenvalue weighted by molar-refractivity contribution is 5.79. The minimum absolute atomic E-state index is 0.267. The Labute approximate surface area is 180 Å². The van der Waals surface area contributed by atoms with Gasteiger partial charge < -0.3 is 20.3 Å². The lowest BCUT2D eigenvalue weighted by molar-refractivity contribution is -0.128. The summed E-state index contributed by atoms with van der Waals surface area (Å²) in [5, 5.41) is 6.93. The van der Waals surface area contributed by atoms with Gasteiger partial charge in [-0.05, 0) is 23.5 Å². The summed E-state index contributed by atoms with van der Waals surface area (Å²) in [6.45, 7) is 11.3. The smallest absolute Gasteiger partial charge is 0.222 e. The Kier molecular flexibility index (Phi) is 8.51. The first-order valence-electron chi connectivity index (χ1n) is 11.2. The van der Waals surface area contributed by atoms with E-state index in [2.05, 4.69) is 58.6 Å². The first kappa shape index (κ1) is 22.6. The first-order valence-corrected chi connectivity index (χ1v) is 11.2. The van der Waals surface area contributed by atoms with Crippen LogP contribution in [0.4, 0.5) is 0 Å². The van der Waals surface area contributed by atoms with Gasteiger partial charge in [-0.3, -0.25) is 14.7 Å². The van der Waals surface area contributed by atoms with Gasteiger partial charge in [-0.1, -0.05) is 38.1 Å². The second kappa shape index (κ2) is 11.3. The molecule has 1 aromatic carbocycles. The highest BCUT2D eigenvalue weighted by Gasteiger charge is 2.24. The molecule has 166 valence electrons. The Hall–Kier alpha value is -2.12. The fourth-order valence-electron chi connectivity index (χ4n) is 4.23. The third-order valence-corrected chi connectivity index (χ3v) is 5.98. The normalized spacial score (nSPS) is 19.4. The topological polar surface area (TPSA) is 69.2 Å². The van der Waals surface area contributed by atoms with E-state index in [0.717, 1.165) is 51.8 Å². The summed E-state index contributed by atoms with van der Waals surface area (Å²) in [6, 6.07) is 8.90. The molecule has 30 heavy (non-hydrogen) atoms. The summed E-state index contributed by atoms with van der Waals surface area (Å²) in [5.74, 6) is 1.64. The molecule has 1 amide bonds. The van der Waals surface area contributed by atoms with Gasteiger partial charge in [0.1, 0.15) is 0 Å². The zero-order valence-electron chi connectivity index (χ0n) is 18.7. The second-order valence-corrected chi connectivity index (χ2v) is 8.51. The second-order valence-electron chi connectivity index (χ2n) is 8.51. The van der Waals surface area contributed by atoms with Crippen LogP contribution in [0.2, 0.25) is 0 Å². The van der Waals surface area contributed by atoms with Crippen LogP contribution >= 0.6 is 0 Å². The van der Waals surface area contributed by atoms with Gasteiger partial charge in [0, 0.05) is 58.8 Å². The summed E-state index contributed by atoms with van der Waals surface area (Å²) in [5.41, 5.74) is 2.37. The number of rotatable bonds is 8. The number of hydrogen-bond acceptors (Lipinski definition) is 4. The Morgan fingerprint density at radius 2 is 1.93 bits per heavy atom. The predicted molar refractivity (Wildman–Crippen MR) is 120 cm³/mol. The zero-order chi connectivity index (χ0) is 21.3.